The van der Waals surface area contributed by atoms with Gasteiger partial charge in [0.05, 0.1) is 5.39 Å². The maximum atomic E-state index is 13.2. The van der Waals surface area contributed by atoms with Crippen LogP contribution in [0.2, 0.25) is 0 Å². The first-order valence-corrected chi connectivity index (χ1v) is 12.0. The van der Waals surface area contributed by atoms with Crippen LogP contribution in [0.3, 0.4) is 0 Å². The van der Waals surface area contributed by atoms with Crippen molar-refractivity contribution in [3.05, 3.63) is 124 Å². The van der Waals surface area contributed by atoms with Crippen molar-refractivity contribution in [2.45, 2.75) is 13.2 Å². The predicted octanol–water partition coefficient (Wildman–Crippen LogP) is 6.08. The fourth-order valence-corrected chi connectivity index (χ4v) is 3.93. The molecule has 1 N–H and O–H groups in total. The van der Waals surface area contributed by atoms with Crippen LogP contribution in [-0.2, 0) is 18.0 Å². The van der Waals surface area contributed by atoms with E-state index in [0.29, 0.717) is 34.6 Å². The summed E-state index contributed by atoms with van der Waals surface area (Å²) in [6, 6.07) is 31.3. The fraction of sp³-hybridized carbons (Fsp3) is 0.0968. The van der Waals surface area contributed by atoms with Crippen LogP contribution in [0.1, 0.15) is 11.1 Å². The molecule has 0 aliphatic carbocycles. The Morgan fingerprint density at radius 2 is 1.32 bits per heavy atom. The van der Waals surface area contributed by atoms with Crippen LogP contribution in [0.25, 0.3) is 22.3 Å². The molecule has 0 radical (unpaired) electrons. The molecule has 7 nitrogen and oxygen atoms in total. The second-order valence-electron chi connectivity index (χ2n) is 8.48. The van der Waals surface area contributed by atoms with Gasteiger partial charge < -0.3 is 23.7 Å². The molecule has 0 bridgehead atoms. The van der Waals surface area contributed by atoms with E-state index in [2.05, 4.69) is 0 Å². The lowest BCUT2D eigenvalue weighted by Gasteiger charge is -2.16. The summed E-state index contributed by atoms with van der Waals surface area (Å²) in [6.07, 6.45) is 0. The van der Waals surface area contributed by atoms with Crippen molar-refractivity contribution in [3.8, 4) is 28.6 Å². The molecule has 38 heavy (non-hydrogen) atoms. The van der Waals surface area contributed by atoms with Crippen molar-refractivity contribution in [3.63, 3.8) is 0 Å². The fourth-order valence-electron chi connectivity index (χ4n) is 3.93. The van der Waals surface area contributed by atoms with Gasteiger partial charge in [0, 0.05) is 5.56 Å². The van der Waals surface area contributed by atoms with Gasteiger partial charge in [-0.3, -0.25) is 4.79 Å². The third kappa shape index (κ3) is 5.68. The topological polar surface area (TPSA) is 95.2 Å². The number of hydrogen-bond acceptors (Lipinski definition) is 6. The van der Waals surface area contributed by atoms with Crippen LogP contribution in [0.4, 0.5) is 0 Å². The Morgan fingerprint density at radius 3 is 1.97 bits per heavy atom. The SMILES string of the molecule is O=C(O)COc1c(-c2ccc(OCc3ccccc3)c(OCc3ccccc3)c2)oc2ccccc2c1=O. The average Bonchev–Trinajstić information content (AvgIpc) is 2.95. The third-order valence-corrected chi connectivity index (χ3v) is 5.78. The zero-order valence-corrected chi connectivity index (χ0v) is 20.3. The van der Waals surface area contributed by atoms with Gasteiger partial charge in [-0.15, -0.1) is 0 Å². The van der Waals surface area contributed by atoms with Crippen molar-refractivity contribution < 1.29 is 28.5 Å². The van der Waals surface area contributed by atoms with Gasteiger partial charge in [0.1, 0.15) is 18.8 Å². The van der Waals surface area contributed by atoms with Crippen molar-refractivity contribution in [2.24, 2.45) is 0 Å². The zero-order valence-electron chi connectivity index (χ0n) is 20.3. The number of carboxylic acid groups (broad SMARTS) is 1. The van der Waals surface area contributed by atoms with Crippen LogP contribution in [-0.4, -0.2) is 17.7 Å². The summed E-state index contributed by atoms with van der Waals surface area (Å²) in [7, 11) is 0. The highest BCUT2D eigenvalue weighted by Gasteiger charge is 2.20. The van der Waals surface area contributed by atoms with E-state index in [1.807, 2.05) is 60.7 Å². The van der Waals surface area contributed by atoms with Gasteiger partial charge in [-0.2, -0.15) is 0 Å². The number of rotatable bonds is 10. The Morgan fingerprint density at radius 1 is 0.711 bits per heavy atom. The number of carbonyl (C=O) groups is 1. The molecule has 0 unspecified atom stereocenters. The first-order valence-electron chi connectivity index (χ1n) is 12.0. The van der Waals surface area contributed by atoms with Crippen molar-refractivity contribution in [1.82, 2.24) is 0 Å². The summed E-state index contributed by atoms with van der Waals surface area (Å²) in [6.45, 7) is -0.0678. The predicted molar refractivity (Wildman–Crippen MR) is 143 cm³/mol. The van der Waals surface area contributed by atoms with E-state index in [1.165, 1.54) is 0 Å². The monoisotopic (exact) mass is 508 g/mol. The smallest absolute Gasteiger partial charge is 0.341 e. The minimum atomic E-state index is -1.21. The normalized spacial score (nSPS) is 10.7. The molecule has 0 spiro atoms. The molecular formula is C31H24O7. The molecule has 0 amide bonds. The summed E-state index contributed by atoms with van der Waals surface area (Å²) >= 11 is 0. The molecule has 0 fully saturated rings. The van der Waals surface area contributed by atoms with Crippen molar-refractivity contribution >= 4 is 16.9 Å². The lowest BCUT2D eigenvalue weighted by molar-refractivity contribution is -0.139. The Hall–Kier alpha value is -5.04. The molecule has 1 heterocycles. The summed E-state index contributed by atoms with van der Waals surface area (Å²) in [5.41, 5.74) is 2.33. The summed E-state index contributed by atoms with van der Waals surface area (Å²) in [4.78, 5) is 24.4. The molecule has 0 saturated carbocycles. The first kappa shape index (κ1) is 24.6. The zero-order chi connectivity index (χ0) is 26.3. The number of para-hydroxylation sites is 1. The quantitative estimate of drug-likeness (QED) is 0.244. The van der Waals surface area contributed by atoms with Crippen LogP contribution in [0, 0.1) is 0 Å². The van der Waals surface area contributed by atoms with Crippen molar-refractivity contribution in [1.29, 1.82) is 0 Å². The molecule has 1 aromatic heterocycles. The summed E-state index contributed by atoms with van der Waals surface area (Å²) in [5.74, 6) is -0.348. The molecule has 4 aromatic carbocycles. The van der Waals surface area contributed by atoms with E-state index >= 15 is 0 Å². The Balaban J connectivity index is 1.55. The highest BCUT2D eigenvalue weighted by atomic mass is 16.5. The first-order chi connectivity index (χ1) is 18.6. The lowest BCUT2D eigenvalue weighted by atomic mass is 10.1. The molecule has 0 aliphatic rings. The number of fused-ring (bicyclic) bond motifs is 1. The maximum Gasteiger partial charge on any atom is 0.341 e. The number of hydrogen-bond donors (Lipinski definition) is 1. The van der Waals surface area contributed by atoms with Crippen molar-refractivity contribution in [2.75, 3.05) is 6.61 Å². The van der Waals surface area contributed by atoms with E-state index in [4.69, 9.17) is 23.7 Å². The number of carboxylic acids is 1. The lowest BCUT2D eigenvalue weighted by Crippen LogP contribution is -2.16. The Bertz CT molecular complexity index is 1610. The number of ether oxygens (including phenoxy) is 3. The third-order valence-electron chi connectivity index (χ3n) is 5.78. The molecule has 0 atom stereocenters. The molecule has 5 aromatic rings. The molecular weight excluding hydrogens is 484 g/mol. The van der Waals surface area contributed by atoms with Gasteiger partial charge >= 0.3 is 5.97 Å². The van der Waals surface area contributed by atoms with E-state index in [-0.39, 0.29) is 18.1 Å². The summed E-state index contributed by atoms with van der Waals surface area (Å²) in [5, 5.41) is 9.45. The van der Waals surface area contributed by atoms with Crippen LogP contribution in [0.15, 0.2) is 112 Å². The highest BCUT2D eigenvalue weighted by Crippen LogP contribution is 2.37. The second kappa shape index (κ2) is 11.3. The minimum Gasteiger partial charge on any atom is -0.485 e. The van der Waals surface area contributed by atoms with E-state index in [9.17, 15) is 9.59 Å². The second-order valence-corrected chi connectivity index (χ2v) is 8.48. The van der Waals surface area contributed by atoms with Gasteiger partial charge in [0.2, 0.25) is 11.2 Å². The Labute approximate surface area is 218 Å². The molecule has 5 rings (SSSR count). The summed E-state index contributed by atoms with van der Waals surface area (Å²) < 4.78 is 23.7. The number of benzene rings is 4. The molecule has 7 heteroatoms. The molecule has 0 aliphatic heterocycles. The molecule has 190 valence electrons. The van der Waals surface area contributed by atoms with E-state index in [1.54, 1.807) is 42.5 Å². The molecule has 0 saturated heterocycles. The average molecular weight is 509 g/mol. The highest BCUT2D eigenvalue weighted by molar-refractivity contribution is 5.82. The Kier molecular flexibility index (Phi) is 7.36. The number of aliphatic carboxylic acids is 1. The van der Waals surface area contributed by atoms with E-state index < -0.39 is 18.0 Å². The standard InChI is InChI=1S/C31H24O7/c32-28(33)20-37-31-29(34)24-13-7-8-14-25(24)38-30(31)23-15-16-26(35-18-21-9-3-1-4-10-21)27(17-23)36-19-22-11-5-2-6-12-22/h1-17H,18-20H2,(H,32,33). The van der Waals surface area contributed by atoms with Gasteiger partial charge in [0.25, 0.3) is 0 Å². The van der Waals surface area contributed by atoms with Crippen LogP contribution < -0.4 is 19.6 Å². The van der Waals surface area contributed by atoms with Gasteiger partial charge in [-0.25, -0.2) is 4.79 Å². The minimum absolute atomic E-state index is 0.106. The van der Waals surface area contributed by atoms with Gasteiger partial charge in [-0.05, 0) is 41.5 Å². The maximum absolute atomic E-state index is 13.2. The van der Waals surface area contributed by atoms with E-state index in [0.717, 1.165) is 11.1 Å². The largest absolute Gasteiger partial charge is 0.485 e. The van der Waals surface area contributed by atoms with Crippen LogP contribution in [0.5, 0.6) is 17.2 Å². The van der Waals surface area contributed by atoms with Gasteiger partial charge in [-0.1, -0.05) is 72.8 Å². The van der Waals surface area contributed by atoms with Crippen LogP contribution >= 0.6 is 0 Å². The van der Waals surface area contributed by atoms with Gasteiger partial charge in [0.15, 0.2) is 23.9 Å².